The van der Waals surface area contributed by atoms with E-state index in [4.69, 9.17) is 9.15 Å². The van der Waals surface area contributed by atoms with E-state index in [0.717, 1.165) is 18.8 Å². The Hall–Kier alpha value is -2.27. The largest absolute Gasteiger partial charge is 0.486 e. The minimum atomic E-state index is -0.485. The van der Waals surface area contributed by atoms with Gasteiger partial charge < -0.3 is 19.2 Å². The maximum Gasteiger partial charge on any atom is 0.373 e. The molecule has 1 N–H and O–H groups in total. The fraction of sp³-hybridized carbons (Fsp3) is 0.389. The van der Waals surface area contributed by atoms with Crippen LogP contribution in [0.4, 0.5) is 0 Å². The summed E-state index contributed by atoms with van der Waals surface area (Å²) < 4.78 is 15.7. The molecule has 122 valence electrons. The van der Waals surface area contributed by atoms with Crippen molar-refractivity contribution in [3.8, 4) is 5.75 Å². The molecule has 0 saturated carbocycles. The van der Waals surface area contributed by atoms with Gasteiger partial charge in [0.25, 0.3) is 0 Å². The van der Waals surface area contributed by atoms with Gasteiger partial charge in [0, 0.05) is 6.54 Å². The van der Waals surface area contributed by atoms with Crippen LogP contribution in [0.3, 0.4) is 0 Å². The van der Waals surface area contributed by atoms with Gasteiger partial charge >= 0.3 is 5.97 Å². The minimum Gasteiger partial charge on any atom is -0.486 e. The molecular formula is C18H21NO4. The molecule has 0 aliphatic carbocycles. The first-order chi connectivity index (χ1) is 11.3. The lowest BCUT2D eigenvalue weighted by Gasteiger charge is -2.23. The van der Waals surface area contributed by atoms with E-state index in [-0.39, 0.29) is 12.4 Å². The maximum absolute atomic E-state index is 11.3. The van der Waals surface area contributed by atoms with Crippen LogP contribution in [0.5, 0.6) is 5.75 Å². The third kappa shape index (κ3) is 3.93. The molecule has 1 unspecified atom stereocenters. The number of benzene rings is 1. The van der Waals surface area contributed by atoms with Crippen LogP contribution in [-0.4, -0.2) is 26.2 Å². The molecule has 1 aliphatic heterocycles. The van der Waals surface area contributed by atoms with Crippen molar-refractivity contribution in [3.05, 3.63) is 53.5 Å². The van der Waals surface area contributed by atoms with Gasteiger partial charge in [0.2, 0.25) is 5.76 Å². The van der Waals surface area contributed by atoms with Gasteiger partial charge in [-0.25, -0.2) is 4.79 Å². The van der Waals surface area contributed by atoms with Gasteiger partial charge in [-0.2, -0.15) is 0 Å². The Labute approximate surface area is 135 Å². The van der Waals surface area contributed by atoms with E-state index in [2.05, 4.69) is 22.2 Å². The molecule has 0 amide bonds. The highest BCUT2D eigenvalue weighted by Gasteiger charge is 2.15. The molecule has 0 spiro atoms. The number of esters is 1. The van der Waals surface area contributed by atoms with Crippen LogP contribution >= 0.6 is 0 Å². The zero-order valence-electron chi connectivity index (χ0n) is 13.2. The van der Waals surface area contributed by atoms with Gasteiger partial charge in [-0.05, 0) is 55.1 Å². The zero-order valence-corrected chi connectivity index (χ0v) is 13.2. The normalized spacial score (nSPS) is 17.7. The summed E-state index contributed by atoms with van der Waals surface area (Å²) in [5, 5.41) is 3.43. The molecular weight excluding hydrogens is 294 g/mol. The Morgan fingerprint density at radius 2 is 2.09 bits per heavy atom. The number of ether oxygens (including phenoxy) is 2. The minimum absolute atomic E-state index is 0.186. The van der Waals surface area contributed by atoms with Crippen molar-refractivity contribution < 1.29 is 18.7 Å². The van der Waals surface area contributed by atoms with Gasteiger partial charge in [0.1, 0.15) is 18.1 Å². The zero-order chi connectivity index (χ0) is 16.1. The van der Waals surface area contributed by atoms with Crippen LogP contribution in [0.2, 0.25) is 0 Å². The molecule has 1 saturated heterocycles. The molecule has 3 rings (SSSR count). The van der Waals surface area contributed by atoms with Gasteiger partial charge in [-0.15, -0.1) is 0 Å². The van der Waals surface area contributed by atoms with Crippen molar-refractivity contribution in [1.82, 2.24) is 5.32 Å². The number of carbonyl (C=O) groups excluding carboxylic acids is 1. The highest BCUT2D eigenvalue weighted by molar-refractivity contribution is 5.86. The number of rotatable bonds is 5. The highest BCUT2D eigenvalue weighted by atomic mass is 16.5. The molecule has 1 aromatic carbocycles. The van der Waals surface area contributed by atoms with Crippen molar-refractivity contribution in [2.75, 3.05) is 20.2 Å². The van der Waals surface area contributed by atoms with E-state index >= 15 is 0 Å². The predicted molar refractivity (Wildman–Crippen MR) is 85.7 cm³/mol. The SMILES string of the molecule is COC(=O)c1ccc(COc2ccc(C3CCCNC3)cc2)o1. The van der Waals surface area contributed by atoms with Gasteiger partial charge in [0.15, 0.2) is 0 Å². The third-order valence-electron chi connectivity index (χ3n) is 4.08. The van der Waals surface area contributed by atoms with E-state index in [1.165, 1.54) is 25.5 Å². The van der Waals surface area contributed by atoms with E-state index in [0.29, 0.717) is 11.7 Å². The average molecular weight is 315 g/mol. The van der Waals surface area contributed by atoms with Crippen molar-refractivity contribution in [2.45, 2.75) is 25.4 Å². The third-order valence-corrected chi connectivity index (χ3v) is 4.08. The molecule has 2 aromatic rings. The standard InChI is InChI=1S/C18H21NO4/c1-21-18(20)17-9-8-16(23-17)12-22-15-6-4-13(5-7-15)14-3-2-10-19-11-14/h4-9,14,19H,2-3,10-12H2,1H3. The second kappa shape index (κ2) is 7.33. The van der Waals surface area contributed by atoms with Crippen LogP contribution in [0.15, 0.2) is 40.8 Å². The molecule has 5 nitrogen and oxygen atoms in total. The van der Waals surface area contributed by atoms with E-state index < -0.39 is 5.97 Å². The van der Waals surface area contributed by atoms with Crippen molar-refractivity contribution >= 4 is 5.97 Å². The summed E-state index contributed by atoms with van der Waals surface area (Å²) >= 11 is 0. The van der Waals surface area contributed by atoms with Gasteiger partial charge in [-0.3, -0.25) is 0 Å². The van der Waals surface area contributed by atoms with Crippen LogP contribution in [0.25, 0.3) is 0 Å². The molecule has 1 aromatic heterocycles. The summed E-state index contributed by atoms with van der Waals surface area (Å²) in [6, 6.07) is 11.5. The van der Waals surface area contributed by atoms with Gasteiger partial charge in [-0.1, -0.05) is 12.1 Å². The topological polar surface area (TPSA) is 60.7 Å². The van der Waals surface area contributed by atoms with Crippen LogP contribution in [0, 0.1) is 0 Å². The number of piperidine rings is 1. The van der Waals surface area contributed by atoms with Crippen LogP contribution < -0.4 is 10.1 Å². The summed E-state index contributed by atoms with van der Waals surface area (Å²) in [7, 11) is 1.32. The number of hydrogen-bond acceptors (Lipinski definition) is 5. The monoisotopic (exact) mass is 315 g/mol. The fourth-order valence-corrected chi connectivity index (χ4v) is 2.79. The molecule has 1 fully saturated rings. The molecule has 0 radical (unpaired) electrons. The number of methoxy groups -OCH3 is 1. The Morgan fingerprint density at radius 1 is 1.26 bits per heavy atom. The Kier molecular flexibility index (Phi) is 4.98. The number of carbonyl (C=O) groups is 1. The Bertz CT molecular complexity index is 641. The molecule has 23 heavy (non-hydrogen) atoms. The highest BCUT2D eigenvalue weighted by Crippen LogP contribution is 2.25. The maximum atomic E-state index is 11.3. The first kappa shape index (κ1) is 15.6. The quantitative estimate of drug-likeness (QED) is 0.859. The van der Waals surface area contributed by atoms with Crippen molar-refractivity contribution in [2.24, 2.45) is 0 Å². The second-order valence-electron chi connectivity index (χ2n) is 5.66. The summed E-state index contributed by atoms with van der Waals surface area (Å²) in [6.07, 6.45) is 2.46. The van der Waals surface area contributed by atoms with E-state index in [1.807, 2.05) is 12.1 Å². The number of hydrogen-bond donors (Lipinski definition) is 1. The molecule has 5 heteroatoms. The summed E-state index contributed by atoms with van der Waals surface area (Å²) in [4.78, 5) is 11.3. The van der Waals surface area contributed by atoms with Gasteiger partial charge in [0.05, 0.1) is 7.11 Å². The smallest absolute Gasteiger partial charge is 0.373 e. The first-order valence-corrected chi connectivity index (χ1v) is 7.87. The molecule has 0 bridgehead atoms. The summed E-state index contributed by atoms with van der Waals surface area (Å²) in [6.45, 7) is 2.44. The molecule has 1 atom stereocenters. The van der Waals surface area contributed by atoms with E-state index in [9.17, 15) is 4.79 Å². The Morgan fingerprint density at radius 3 is 2.78 bits per heavy atom. The van der Waals surface area contributed by atoms with E-state index in [1.54, 1.807) is 12.1 Å². The lowest BCUT2D eigenvalue weighted by atomic mass is 9.92. The lowest BCUT2D eigenvalue weighted by Crippen LogP contribution is -2.28. The predicted octanol–water partition coefficient (Wildman–Crippen LogP) is 3.11. The number of furan rings is 1. The Balaban J connectivity index is 1.56. The first-order valence-electron chi connectivity index (χ1n) is 7.87. The van der Waals surface area contributed by atoms with Crippen molar-refractivity contribution in [3.63, 3.8) is 0 Å². The lowest BCUT2D eigenvalue weighted by molar-refractivity contribution is 0.0561. The summed E-state index contributed by atoms with van der Waals surface area (Å²) in [5.41, 5.74) is 1.34. The second-order valence-corrected chi connectivity index (χ2v) is 5.66. The molecule has 2 heterocycles. The molecule has 1 aliphatic rings. The number of nitrogens with one attached hydrogen (secondary N) is 1. The summed E-state index contributed by atoms with van der Waals surface area (Å²) in [5.74, 6) is 1.66. The van der Waals surface area contributed by atoms with Crippen molar-refractivity contribution in [1.29, 1.82) is 0 Å². The van der Waals surface area contributed by atoms with Crippen LogP contribution in [-0.2, 0) is 11.3 Å². The van der Waals surface area contributed by atoms with Crippen LogP contribution in [0.1, 0.15) is 40.6 Å². The fourth-order valence-electron chi connectivity index (χ4n) is 2.79. The average Bonchev–Trinajstić information content (AvgIpc) is 3.09.